The molecule has 4 nitrogen and oxygen atoms in total. The monoisotopic (exact) mass is 344 g/mol. The normalized spacial score (nSPS) is 22.3. The molecule has 1 unspecified atom stereocenters. The lowest BCUT2D eigenvalue weighted by Crippen LogP contribution is -2.61. The molecular weight excluding hydrogens is 324 g/mol. The number of fused-ring (bicyclic) bond motifs is 4. The molecule has 0 fully saturated rings. The highest BCUT2D eigenvalue weighted by atomic mass is 16.5. The van der Waals surface area contributed by atoms with Crippen molar-refractivity contribution in [1.29, 1.82) is 0 Å². The fourth-order valence-corrected chi connectivity index (χ4v) is 4.37. The van der Waals surface area contributed by atoms with Gasteiger partial charge in [0, 0.05) is 18.1 Å². The van der Waals surface area contributed by atoms with Gasteiger partial charge >= 0.3 is 0 Å². The molecule has 3 aromatic carbocycles. The van der Waals surface area contributed by atoms with Crippen LogP contribution >= 0.6 is 0 Å². The van der Waals surface area contributed by atoms with Crippen molar-refractivity contribution in [3.63, 3.8) is 0 Å². The number of benzene rings is 3. The summed E-state index contributed by atoms with van der Waals surface area (Å²) in [5, 5.41) is 11.7. The van der Waals surface area contributed by atoms with Crippen molar-refractivity contribution >= 4 is 28.4 Å². The molecule has 0 saturated heterocycles. The Kier molecular flexibility index (Phi) is 2.81. The molecule has 1 N–H and O–H groups in total. The molecule has 2 aliphatic heterocycles. The number of aromatic hydroxyl groups is 1. The first-order valence-corrected chi connectivity index (χ1v) is 8.77. The van der Waals surface area contributed by atoms with Crippen LogP contribution in [0.4, 0.5) is 11.4 Å². The molecular formula is C22H20N2O2. The summed E-state index contributed by atoms with van der Waals surface area (Å²) in [5.74, 6) is 1.01. The van der Waals surface area contributed by atoms with Gasteiger partial charge in [0.05, 0.1) is 11.6 Å². The average Bonchev–Trinajstić information content (AvgIpc) is 2.80. The zero-order chi connectivity index (χ0) is 18.1. The standard InChI is InChI=1S/C22H20N2O2/c1-21(2)17-6-4-5-7-18(17)24(3)22(21)13-23-20-16-10-9-15(25)12-14(16)8-11-19(20)26-22/h4-13,25H,1-3H3. The van der Waals surface area contributed by atoms with Crippen LogP contribution in [0.3, 0.4) is 0 Å². The van der Waals surface area contributed by atoms with E-state index < -0.39 is 5.72 Å². The Bertz CT molecular complexity index is 1090. The highest BCUT2D eigenvalue weighted by molar-refractivity contribution is 6.00. The Morgan fingerprint density at radius 1 is 1.04 bits per heavy atom. The summed E-state index contributed by atoms with van der Waals surface area (Å²) in [7, 11) is 2.06. The lowest BCUT2D eigenvalue weighted by Gasteiger charge is -2.45. The highest BCUT2D eigenvalue weighted by Crippen LogP contribution is 2.54. The molecule has 0 aliphatic carbocycles. The predicted molar refractivity (Wildman–Crippen MR) is 105 cm³/mol. The van der Waals surface area contributed by atoms with Crippen molar-refractivity contribution in [1.82, 2.24) is 0 Å². The topological polar surface area (TPSA) is 45.1 Å². The maximum atomic E-state index is 9.73. The van der Waals surface area contributed by atoms with Crippen LogP contribution in [0.2, 0.25) is 0 Å². The quantitative estimate of drug-likeness (QED) is 0.639. The fourth-order valence-electron chi connectivity index (χ4n) is 4.37. The summed E-state index contributed by atoms with van der Waals surface area (Å²) in [6.45, 7) is 4.40. The van der Waals surface area contributed by atoms with Crippen LogP contribution in [0.25, 0.3) is 10.8 Å². The number of ether oxygens (including phenoxy) is 1. The van der Waals surface area contributed by atoms with Crippen molar-refractivity contribution in [2.45, 2.75) is 25.0 Å². The summed E-state index contributed by atoms with van der Waals surface area (Å²) in [6, 6.07) is 17.7. The van der Waals surface area contributed by atoms with Gasteiger partial charge in [0.1, 0.15) is 17.2 Å². The van der Waals surface area contributed by atoms with Crippen LogP contribution in [-0.2, 0) is 5.41 Å². The first kappa shape index (κ1) is 15.3. The number of para-hydroxylation sites is 1. The highest BCUT2D eigenvalue weighted by Gasteiger charge is 2.58. The molecule has 2 heterocycles. The van der Waals surface area contributed by atoms with Crippen molar-refractivity contribution in [2.24, 2.45) is 4.99 Å². The molecule has 5 rings (SSSR count). The molecule has 0 bridgehead atoms. The third-order valence-corrected chi connectivity index (χ3v) is 5.90. The molecule has 0 amide bonds. The van der Waals surface area contributed by atoms with E-state index in [1.54, 1.807) is 12.1 Å². The molecule has 4 heteroatoms. The molecule has 130 valence electrons. The van der Waals surface area contributed by atoms with Crippen molar-refractivity contribution < 1.29 is 9.84 Å². The second kappa shape index (κ2) is 4.79. The Morgan fingerprint density at radius 3 is 2.65 bits per heavy atom. The van der Waals surface area contributed by atoms with E-state index in [0.29, 0.717) is 0 Å². The van der Waals surface area contributed by atoms with Gasteiger partial charge in [-0.25, -0.2) is 0 Å². The van der Waals surface area contributed by atoms with E-state index in [0.717, 1.165) is 27.9 Å². The number of phenolic OH excluding ortho intramolecular Hbond substituents is 1. The maximum absolute atomic E-state index is 9.73. The van der Waals surface area contributed by atoms with E-state index in [1.807, 2.05) is 24.4 Å². The zero-order valence-electron chi connectivity index (χ0n) is 15.0. The smallest absolute Gasteiger partial charge is 0.228 e. The lowest BCUT2D eigenvalue weighted by atomic mass is 9.77. The third-order valence-electron chi connectivity index (χ3n) is 5.90. The third kappa shape index (κ3) is 1.71. The largest absolute Gasteiger partial charge is 0.508 e. The van der Waals surface area contributed by atoms with Gasteiger partial charge in [-0.3, -0.25) is 4.99 Å². The van der Waals surface area contributed by atoms with Crippen molar-refractivity contribution in [3.05, 3.63) is 60.2 Å². The molecule has 1 atom stereocenters. The first-order valence-electron chi connectivity index (χ1n) is 8.77. The number of phenols is 1. The van der Waals surface area contributed by atoms with Crippen molar-refractivity contribution in [3.8, 4) is 11.5 Å². The fraction of sp³-hybridized carbons (Fsp3) is 0.227. The molecule has 0 radical (unpaired) electrons. The minimum absolute atomic E-state index is 0.252. The minimum Gasteiger partial charge on any atom is -0.508 e. The number of rotatable bonds is 0. The molecule has 3 aromatic rings. The number of anilines is 1. The van der Waals surface area contributed by atoms with Gasteiger partial charge in [0.15, 0.2) is 0 Å². The van der Waals surface area contributed by atoms with Gasteiger partial charge in [-0.2, -0.15) is 0 Å². The van der Waals surface area contributed by atoms with E-state index in [9.17, 15) is 5.11 Å². The van der Waals surface area contributed by atoms with Crippen LogP contribution in [-0.4, -0.2) is 24.1 Å². The average molecular weight is 344 g/mol. The Labute approximate surface area is 152 Å². The first-order chi connectivity index (χ1) is 12.4. The van der Waals surface area contributed by atoms with E-state index in [2.05, 4.69) is 50.1 Å². The van der Waals surface area contributed by atoms with Gasteiger partial charge < -0.3 is 14.7 Å². The van der Waals surface area contributed by atoms with Crippen LogP contribution in [0.1, 0.15) is 19.4 Å². The summed E-state index contributed by atoms with van der Waals surface area (Å²) in [5.41, 5.74) is 2.30. The van der Waals surface area contributed by atoms with Gasteiger partial charge in [0.25, 0.3) is 0 Å². The summed E-state index contributed by atoms with van der Waals surface area (Å²) >= 11 is 0. The van der Waals surface area contributed by atoms with Crippen LogP contribution in [0, 0.1) is 0 Å². The number of nitrogens with zero attached hydrogens (tertiary/aromatic N) is 2. The van der Waals surface area contributed by atoms with Gasteiger partial charge in [-0.15, -0.1) is 0 Å². The van der Waals surface area contributed by atoms with E-state index >= 15 is 0 Å². The Hall–Kier alpha value is -3.01. The van der Waals surface area contributed by atoms with E-state index in [1.165, 1.54) is 5.56 Å². The van der Waals surface area contributed by atoms with Crippen LogP contribution < -0.4 is 9.64 Å². The molecule has 2 aliphatic rings. The van der Waals surface area contributed by atoms with Crippen LogP contribution in [0.15, 0.2) is 59.6 Å². The predicted octanol–water partition coefficient (Wildman–Crippen LogP) is 4.76. The second-order valence-corrected chi connectivity index (χ2v) is 7.58. The number of aliphatic imine (C=N–C) groups is 1. The lowest BCUT2D eigenvalue weighted by molar-refractivity contribution is 0.0826. The molecule has 0 aromatic heterocycles. The number of hydrogen-bond donors (Lipinski definition) is 1. The van der Waals surface area contributed by atoms with Crippen molar-refractivity contribution in [2.75, 3.05) is 11.9 Å². The van der Waals surface area contributed by atoms with E-state index in [4.69, 9.17) is 9.73 Å². The molecule has 26 heavy (non-hydrogen) atoms. The Balaban J connectivity index is 1.70. The zero-order valence-corrected chi connectivity index (χ0v) is 15.0. The summed E-state index contributed by atoms with van der Waals surface area (Å²) in [6.07, 6.45) is 1.93. The summed E-state index contributed by atoms with van der Waals surface area (Å²) < 4.78 is 6.64. The summed E-state index contributed by atoms with van der Waals surface area (Å²) in [4.78, 5) is 7.02. The molecule has 0 saturated carbocycles. The SMILES string of the molecule is CN1c2ccccc2C(C)(C)C12C=Nc1c(ccc3cc(O)ccc13)O2. The van der Waals surface area contributed by atoms with Crippen LogP contribution in [0.5, 0.6) is 11.5 Å². The van der Waals surface area contributed by atoms with Gasteiger partial charge in [0.2, 0.25) is 5.72 Å². The number of hydrogen-bond acceptors (Lipinski definition) is 4. The number of likely N-dealkylation sites (N-methyl/N-ethyl adjacent to an activating group) is 1. The minimum atomic E-state index is -0.672. The van der Waals surface area contributed by atoms with Gasteiger partial charge in [-0.05, 0) is 55.1 Å². The second-order valence-electron chi connectivity index (χ2n) is 7.58. The Morgan fingerprint density at radius 2 is 1.85 bits per heavy atom. The molecule has 1 spiro atoms. The maximum Gasteiger partial charge on any atom is 0.228 e. The van der Waals surface area contributed by atoms with E-state index in [-0.39, 0.29) is 11.2 Å². The van der Waals surface area contributed by atoms with Gasteiger partial charge in [-0.1, -0.05) is 24.3 Å².